The van der Waals surface area contributed by atoms with Crippen LogP contribution in [0.25, 0.3) is 0 Å². The number of hydrogen-bond donors (Lipinski definition) is 1. The predicted molar refractivity (Wildman–Crippen MR) is 109 cm³/mol. The summed E-state index contributed by atoms with van der Waals surface area (Å²) in [5.74, 6) is 1.07. The molecule has 3 rings (SSSR count). The largest absolute Gasteiger partial charge is 0.342 e. The van der Waals surface area contributed by atoms with Crippen LogP contribution in [0, 0.1) is 11.3 Å². The highest BCUT2D eigenvalue weighted by molar-refractivity contribution is 5.85. The maximum absolute atomic E-state index is 12.8. The lowest BCUT2D eigenvalue weighted by Gasteiger charge is -2.36. The fourth-order valence-electron chi connectivity index (χ4n) is 4.90. The van der Waals surface area contributed by atoms with Crippen molar-refractivity contribution in [2.24, 2.45) is 17.1 Å². The van der Waals surface area contributed by atoms with Crippen molar-refractivity contribution in [1.29, 1.82) is 0 Å². The second-order valence-corrected chi connectivity index (χ2v) is 8.30. The molecule has 0 radical (unpaired) electrons. The molecule has 1 unspecified atom stereocenters. The lowest BCUT2D eigenvalue weighted by Crippen LogP contribution is -2.40. The molecule has 148 valence electrons. The van der Waals surface area contributed by atoms with E-state index in [1.165, 1.54) is 64.6 Å². The molecule has 6 heteroatoms. The Labute approximate surface area is 166 Å². The van der Waals surface area contributed by atoms with Crippen LogP contribution in [0.2, 0.25) is 0 Å². The minimum Gasteiger partial charge on any atom is -0.342 e. The Bertz CT molecular complexity index is 396. The van der Waals surface area contributed by atoms with Gasteiger partial charge in [-0.15, -0.1) is 24.8 Å². The topological polar surface area (TPSA) is 49.6 Å². The SMILES string of the molecule is Cl.Cl.NCC1(CC(=O)N2CCC(CN3CCCCC3)C2)CCCCC1. The molecule has 2 heterocycles. The van der Waals surface area contributed by atoms with Crippen LogP contribution in [0.5, 0.6) is 0 Å². The Morgan fingerprint density at radius 2 is 1.60 bits per heavy atom. The zero-order valence-electron chi connectivity index (χ0n) is 15.6. The standard InChI is InChI=1S/C19H35N3O.2ClH/c20-16-19(8-3-1-4-9-19)13-18(23)22-12-7-17(15-22)14-21-10-5-2-6-11-21;;/h17H,1-16,20H2;2*1H. The van der Waals surface area contributed by atoms with E-state index >= 15 is 0 Å². The van der Waals surface area contributed by atoms with Crippen molar-refractivity contribution in [1.82, 2.24) is 9.80 Å². The van der Waals surface area contributed by atoms with Gasteiger partial charge in [-0.05, 0) is 63.1 Å². The third kappa shape index (κ3) is 6.27. The number of halogens is 2. The Kier molecular flexibility index (Phi) is 10.1. The lowest BCUT2D eigenvalue weighted by atomic mass is 9.71. The number of carbonyl (C=O) groups excluding carboxylic acids is 1. The van der Waals surface area contributed by atoms with Gasteiger partial charge in [0, 0.05) is 26.1 Å². The Morgan fingerprint density at radius 3 is 2.24 bits per heavy atom. The van der Waals surface area contributed by atoms with Crippen molar-refractivity contribution < 1.29 is 4.79 Å². The molecule has 1 atom stereocenters. The van der Waals surface area contributed by atoms with Crippen LogP contribution < -0.4 is 5.73 Å². The second kappa shape index (κ2) is 11.0. The molecule has 0 aromatic carbocycles. The van der Waals surface area contributed by atoms with Gasteiger partial charge in [0.25, 0.3) is 0 Å². The first-order valence-corrected chi connectivity index (χ1v) is 9.91. The number of piperidine rings is 1. The summed E-state index contributed by atoms with van der Waals surface area (Å²) in [5.41, 5.74) is 6.17. The molecule has 4 nitrogen and oxygen atoms in total. The zero-order valence-corrected chi connectivity index (χ0v) is 17.2. The summed E-state index contributed by atoms with van der Waals surface area (Å²) in [7, 11) is 0. The van der Waals surface area contributed by atoms with E-state index in [9.17, 15) is 4.79 Å². The number of carbonyl (C=O) groups is 1. The monoisotopic (exact) mass is 393 g/mol. The zero-order chi connectivity index (χ0) is 16.1. The molecule has 2 N–H and O–H groups in total. The van der Waals surface area contributed by atoms with Crippen LogP contribution in [0.15, 0.2) is 0 Å². The lowest BCUT2D eigenvalue weighted by molar-refractivity contribution is -0.133. The molecule has 0 aromatic heterocycles. The first-order valence-electron chi connectivity index (χ1n) is 9.91. The van der Waals surface area contributed by atoms with E-state index in [4.69, 9.17) is 5.73 Å². The van der Waals surface area contributed by atoms with E-state index in [2.05, 4.69) is 9.80 Å². The van der Waals surface area contributed by atoms with Gasteiger partial charge in [0.15, 0.2) is 0 Å². The van der Waals surface area contributed by atoms with Crippen LogP contribution >= 0.6 is 24.8 Å². The maximum atomic E-state index is 12.8. The van der Waals surface area contributed by atoms with Gasteiger partial charge in [-0.2, -0.15) is 0 Å². The summed E-state index contributed by atoms with van der Waals surface area (Å²) in [6.07, 6.45) is 12.1. The highest BCUT2D eigenvalue weighted by Gasteiger charge is 2.36. The number of nitrogens with zero attached hydrogens (tertiary/aromatic N) is 2. The minimum absolute atomic E-state index is 0. The predicted octanol–water partition coefficient (Wildman–Crippen LogP) is 3.46. The van der Waals surface area contributed by atoms with Crippen molar-refractivity contribution in [2.75, 3.05) is 39.3 Å². The molecule has 1 amide bonds. The number of nitrogens with two attached hydrogens (primary N) is 1. The molecule has 0 bridgehead atoms. The van der Waals surface area contributed by atoms with Gasteiger partial charge in [0.2, 0.25) is 5.91 Å². The van der Waals surface area contributed by atoms with Crippen LogP contribution in [-0.4, -0.2) is 55.0 Å². The van der Waals surface area contributed by atoms with Gasteiger partial charge >= 0.3 is 0 Å². The third-order valence-electron chi connectivity index (χ3n) is 6.48. The first kappa shape index (κ1) is 23.0. The summed E-state index contributed by atoms with van der Waals surface area (Å²) >= 11 is 0. The average molecular weight is 394 g/mol. The number of rotatable bonds is 5. The fourth-order valence-corrected chi connectivity index (χ4v) is 4.90. The second-order valence-electron chi connectivity index (χ2n) is 8.30. The van der Waals surface area contributed by atoms with Crippen molar-refractivity contribution in [3.63, 3.8) is 0 Å². The summed E-state index contributed by atoms with van der Waals surface area (Å²) in [5, 5.41) is 0. The van der Waals surface area contributed by atoms with Gasteiger partial charge in [0.05, 0.1) is 0 Å². The van der Waals surface area contributed by atoms with E-state index < -0.39 is 0 Å². The number of likely N-dealkylation sites (tertiary alicyclic amines) is 2. The maximum Gasteiger partial charge on any atom is 0.223 e. The van der Waals surface area contributed by atoms with Crippen molar-refractivity contribution >= 4 is 30.7 Å². The normalized spacial score (nSPS) is 26.6. The third-order valence-corrected chi connectivity index (χ3v) is 6.48. The van der Waals surface area contributed by atoms with Gasteiger partial charge in [0.1, 0.15) is 0 Å². The van der Waals surface area contributed by atoms with E-state index in [1.54, 1.807) is 0 Å². The number of amides is 1. The van der Waals surface area contributed by atoms with Gasteiger partial charge in [-0.1, -0.05) is 25.7 Å². The molecule has 0 spiro atoms. The summed E-state index contributed by atoms with van der Waals surface area (Å²) in [6, 6.07) is 0. The van der Waals surface area contributed by atoms with Crippen LogP contribution in [0.4, 0.5) is 0 Å². The Balaban J connectivity index is 0.00000156. The molecule has 3 fully saturated rings. The van der Waals surface area contributed by atoms with Crippen LogP contribution in [0.1, 0.15) is 64.2 Å². The number of hydrogen-bond acceptors (Lipinski definition) is 3. The van der Waals surface area contributed by atoms with E-state index in [1.807, 2.05) is 0 Å². The molecule has 1 aliphatic carbocycles. The quantitative estimate of drug-likeness (QED) is 0.777. The van der Waals surface area contributed by atoms with Gasteiger partial charge < -0.3 is 15.5 Å². The molecule has 3 aliphatic rings. The molecular weight excluding hydrogens is 357 g/mol. The highest BCUT2D eigenvalue weighted by atomic mass is 35.5. The van der Waals surface area contributed by atoms with Crippen molar-refractivity contribution in [2.45, 2.75) is 64.2 Å². The summed E-state index contributed by atoms with van der Waals surface area (Å²) in [4.78, 5) is 17.5. The molecule has 2 saturated heterocycles. The molecule has 25 heavy (non-hydrogen) atoms. The highest BCUT2D eigenvalue weighted by Crippen LogP contribution is 2.39. The van der Waals surface area contributed by atoms with E-state index in [0.29, 0.717) is 24.8 Å². The molecule has 0 aromatic rings. The van der Waals surface area contributed by atoms with Crippen molar-refractivity contribution in [3.8, 4) is 0 Å². The van der Waals surface area contributed by atoms with Gasteiger partial charge in [-0.25, -0.2) is 0 Å². The first-order chi connectivity index (χ1) is 11.2. The fraction of sp³-hybridized carbons (Fsp3) is 0.947. The Morgan fingerprint density at radius 1 is 0.960 bits per heavy atom. The summed E-state index contributed by atoms with van der Waals surface area (Å²) < 4.78 is 0. The Hall–Kier alpha value is -0.0300. The van der Waals surface area contributed by atoms with Gasteiger partial charge in [-0.3, -0.25) is 4.79 Å². The smallest absolute Gasteiger partial charge is 0.223 e. The van der Waals surface area contributed by atoms with Crippen LogP contribution in [-0.2, 0) is 4.79 Å². The van der Waals surface area contributed by atoms with E-state index in [-0.39, 0.29) is 30.2 Å². The van der Waals surface area contributed by atoms with E-state index in [0.717, 1.165) is 25.9 Å². The van der Waals surface area contributed by atoms with Crippen molar-refractivity contribution in [3.05, 3.63) is 0 Å². The molecular formula is C19H37Cl2N3O. The minimum atomic E-state index is 0. The summed E-state index contributed by atoms with van der Waals surface area (Å²) in [6.45, 7) is 6.37. The molecule has 1 saturated carbocycles. The average Bonchev–Trinajstić information content (AvgIpc) is 3.05. The van der Waals surface area contributed by atoms with Crippen LogP contribution in [0.3, 0.4) is 0 Å². The molecule has 2 aliphatic heterocycles.